The van der Waals surface area contributed by atoms with Gasteiger partial charge in [-0.05, 0) is 38.2 Å². The zero-order valence-corrected chi connectivity index (χ0v) is 19.9. The van der Waals surface area contributed by atoms with Crippen LogP contribution in [0.4, 0.5) is 0 Å². The molecule has 0 atom stereocenters. The third kappa shape index (κ3) is 6.53. The summed E-state index contributed by atoms with van der Waals surface area (Å²) in [5, 5.41) is 4.60. The van der Waals surface area contributed by atoms with Crippen molar-refractivity contribution in [2.45, 2.75) is 38.2 Å². The van der Waals surface area contributed by atoms with Gasteiger partial charge < -0.3 is 34.1 Å². The summed E-state index contributed by atoms with van der Waals surface area (Å²) in [5.41, 5.74) is 2.22. The molecule has 2 N–H and O–H groups in total. The predicted octanol–water partition coefficient (Wildman–Crippen LogP) is 3.21. The normalized spacial score (nSPS) is 15.4. The summed E-state index contributed by atoms with van der Waals surface area (Å²) in [6.07, 6.45) is 5.32. The zero-order valence-electron chi connectivity index (χ0n) is 19.9. The third-order valence-corrected chi connectivity index (χ3v) is 5.89. The van der Waals surface area contributed by atoms with Gasteiger partial charge in [0.15, 0.2) is 5.96 Å². The number of methoxy groups -OCH3 is 3. The molecule has 0 aliphatic carbocycles. The maximum absolute atomic E-state index is 5.96. The van der Waals surface area contributed by atoms with Gasteiger partial charge in [-0.3, -0.25) is 4.99 Å². The van der Waals surface area contributed by atoms with Gasteiger partial charge in [0.05, 0.1) is 25.8 Å². The van der Waals surface area contributed by atoms with Crippen LogP contribution in [0.25, 0.3) is 10.9 Å². The number of nitrogens with zero attached hydrogens (tertiary/aromatic N) is 2. The monoisotopic (exact) mass is 446 g/mol. The number of ether oxygens (including phenoxy) is 4. The van der Waals surface area contributed by atoms with E-state index in [1.165, 1.54) is 5.69 Å². The Morgan fingerprint density at radius 1 is 1.09 bits per heavy atom. The molecule has 1 aliphatic rings. The minimum Gasteiger partial charge on any atom is -0.497 e. The molecule has 1 aliphatic heterocycles. The molecule has 0 amide bonds. The van der Waals surface area contributed by atoms with E-state index < -0.39 is 0 Å². The number of aromatic nitrogens is 1. The third-order valence-electron chi connectivity index (χ3n) is 5.89. The molecule has 32 heavy (non-hydrogen) atoms. The van der Waals surface area contributed by atoms with Crippen LogP contribution in [0.2, 0.25) is 0 Å². The van der Waals surface area contributed by atoms with Crippen molar-refractivity contribution < 1.29 is 18.9 Å². The molecule has 8 nitrogen and oxygen atoms in total. The number of aryl methyl sites for hydroxylation is 1. The summed E-state index contributed by atoms with van der Waals surface area (Å²) in [5.74, 6) is 2.59. The van der Waals surface area contributed by atoms with Crippen LogP contribution < -0.4 is 14.8 Å². The van der Waals surface area contributed by atoms with Crippen LogP contribution >= 0.6 is 0 Å². The van der Waals surface area contributed by atoms with Crippen molar-refractivity contribution in [1.82, 2.24) is 15.2 Å². The fourth-order valence-corrected chi connectivity index (χ4v) is 4.16. The van der Waals surface area contributed by atoms with Crippen molar-refractivity contribution in [2.24, 2.45) is 4.99 Å². The number of hydrogen-bond donors (Lipinski definition) is 2. The summed E-state index contributed by atoms with van der Waals surface area (Å²) in [6.45, 7) is 4.35. The van der Waals surface area contributed by atoms with Crippen molar-refractivity contribution in [2.75, 3.05) is 61.2 Å². The van der Waals surface area contributed by atoms with E-state index in [0.29, 0.717) is 6.10 Å². The second-order valence-corrected chi connectivity index (χ2v) is 8.07. The van der Waals surface area contributed by atoms with Crippen LogP contribution in [0, 0.1) is 0 Å². The highest BCUT2D eigenvalue weighted by Gasteiger charge is 2.21. The zero-order chi connectivity index (χ0) is 22.8. The quantitative estimate of drug-likeness (QED) is 0.313. The number of hydrogen-bond acceptors (Lipinski definition) is 5. The Balaban J connectivity index is 1.42. The highest BCUT2D eigenvalue weighted by molar-refractivity contribution is 5.88. The lowest BCUT2D eigenvalue weighted by Gasteiger charge is -2.34. The van der Waals surface area contributed by atoms with Crippen LogP contribution in [0.3, 0.4) is 0 Å². The largest absolute Gasteiger partial charge is 0.497 e. The molecule has 0 spiro atoms. The number of nitrogens with one attached hydrogen (secondary N) is 2. The first kappa shape index (κ1) is 24.2. The minimum absolute atomic E-state index is 0.346. The highest BCUT2D eigenvalue weighted by atomic mass is 16.5. The van der Waals surface area contributed by atoms with Gasteiger partial charge in [-0.25, -0.2) is 0 Å². The van der Waals surface area contributed by atoms with Crippen molar-refractivity contribution in [3.8, 4) is 11.5 Å². The predicted molar refractivity (Wildman–Crippen MR) is 128 cm³/mol. The van der Waals surface area contributed by atoms with E-state index in [1.807, 2.05) is 19.2 Å². The molecule has 0 bridgehead atoms. The number of piperidine rings is 1. The standard InChI is InChI=1S/C24H38N4O4/c1-25-24(28-11-8-19(9-12-28)32-14-6-13-29-2)26-10-5-7-18-15-21-22(27-18)16-20(30-3)17-23(21)31-4/h15-17,19,27H,5-14H2,1-4H3,(H,25,26). The van der Waals surface area contributed by atoms with E-state index >= 15 is 0 Å². The van der Waals surface area contributed by atoms with Crippen LogP contribution in [0.15, 0.2) is 23.2 Å². The molecule has 8 heteroatoms. The van der Waals surface area contributed by atoms with E-state index in [0.717, 1.165) is 93.3 Å². The Hall–Kier alpha value is -2.45. The molecular formula is C24H38N4O4. The number of likely N-dealkylation sites (tertiary alicyclic amines) is 1. The molecule has 1 saturated heterocycles. The Morgan fingerprint density at radius 2 is 1.91 bits per heavy atom. The van der Waals surface area contributed by atoms with Gasteiger partial charge in [0.25, 0.3) is 0 Å². The lowest BCUT2D eigenvalue weighted by molar-refractivity contribution is 0.00991. The van der Waals surface area contributed by atoms with Crippen molar-refractivity contribution in [1.29, 1.82) is 0 Å². The van der Waals surface area contributed by atoms with Gasteiger partial charge in [0.2, 0.25) is 0 Å². The summed E-state index contributed by atoms with van der Waals surface area (Å²) in [4.78, 5) is 10.3. The van der Waals surface area contributed by atoms with Gasteiger partial charge in [0.1, 0.15) is 11.5 Å². The molecule has 178 valence electrons. The number of H-pyrrole nitrogens is 1. The number of aliphatic imine (C=N–C) groups is 1. The molecule has 1 fully saturated rings. The number of aromatic amines is 1. The number of rotatable bonds is 11. The Morgan fingerprint density at radius 3 is 2.59 bits per heavy atom. The Labute approximate surface area is 191 Å². The van der Waals surface area contributed by atoms with E-state index in [9.17, 15) is 0 Å². The molecule has 3 rings (SSSR count). The average Bonchev–Trinajstić information content (AvgIpc) is 3.24. The smallest absolute Gasteiger partial charge is 0.193 e. The fraction of sp³-hybridized carbons (Fsp3) is 0.625. The molecule has 1 aromatic heterocycles. The Bertz CT molecular complexity index is 859. The molecule has 2 aromatic rings. The van der Waals surface area contributed by atoms with E-state index in [1.54, 1.807) is 21.3 Å². The van der Waals surface area contributed by atoms with Crippen LogP contribution in [-0.2, 0) is 15.9 Å². The molecule has 0 unspecified atom stereocenters. The van der Waals surface area contributed by atoms with Gasteiger partial charge in [-0.2, -0.15) is 0 Å². The number of fused-ring (bicyclic) bond motifs is 1. The lowest BCUT2D eigenvalue weighted by atomic mass is 10.1. The first-order chi connectivity index (χ1) is 15.7. The van der Waals surface area contributed by atoms with Crippen molar-refractivity contribution in [3.05, 3.63) is 23.9 Å². The molecule has 1 aromatic carbocycles. The summed E-state index contributed by atoms with van der Waals surface area (Å²) in [7, 11) is 6.94. The van der Waals surface area contributed by atoms with E-state index in [-0.39, 0.29) is 0 Å². The SMILES string of the molecule is CN=C(NCCCc1cc2c(OC)cc(OC)cc2[nH]1)N1CCC(OCCCOC)CC1. The number of benzene rings is 1. The maximum Gasteiger partial charge on any atom is 0.193 e. The maximum atomic E-state index is 5.96. The highest BCUT2D eigenvalue weighted by Crippen LogP contribution is 2.31. The first-order valence-corrected chi connectivity index (χ1v) is 11.5. The van der Waals surface area contributed by atoms with Crippen LogP contribution in [-0.4, -0.2) is 83.2 Å². The van der Waals surface area contributed by atoms with Gasteiger partial charge in [-0.1, -0.05) is 0 Å². The minimum atomic E-state index is 0.346. The topological polar surface area (TPSA) is 80.3 Å². The molecule has 2 heterocycles. The van der Waals surface area contributed by atoms with Gasteiger partial charge >= 0.3 is 0 Å². The van der Waals surface area contributed by atoms with Crippen molar-refractivity contribution in [3.63, 3.8) is 0 Å². The van der Waals surface area contributed by atoms with E-state index in [4.69, 9.17) is 18.9 Å². The molecule has 0 radical (unpaired) electrons. The lowest BCUT2D eigenvalue weighted by Crippen LogP contribution is -2.47. The van der Waals surface area contributed by atoms with Crippen LogP contribution in [0.5, 0.6) is 11.5 Å². The van der Waals surface area contributed by atoms with Gasteiger partial charge in [-0.15, -0.1) is 0 Å². The molecular weight excluding hydrogens is 408 g/mol. The van der Waals surface area contributed by atoms with E-state index in [2.05, 4.69) is 26.3 Å². The average molecular weight is 447 g/mol. The van der Waals surface area contributed by atoms with Crippen LogP contribution in [0.1, 0.15) is 31.4 Å². The van der Waals surface area contributed by atoms with Gasteiger partial charge in [0, 0.05) is 70.2 Å². The Kier molecular flexibility index (Phi) is 9.49. The van der Waals surface area contributed by atoms with Crippen molar-refractivity contribution >= 4 is 16.9 Å². The summed E-state index contributed by atoms with van der Waals surface area (Å²) >= 11 is 0. The summed E-state index contributed by atoms with van der Waals surface area (Å²) in [6, 6.07) is 6.09. The molecule has 0 saturated carbocycles. The second-order valence-electron chi connectivity index (χ2n) is 8.07. The summed E-state index contributed by atoms with van der Waals surface area (Å²) < 4.78 is 21.9. The first-order valence-electron chi connectivity index (χ1n) is 11.5. The second kappa shape index (κ2) is 12.6. The fourth-order valence-electron chi connectivity index (χ4n) is 4.16. The number of guanidine groups is 1.